The van der Waals surface area contributed by atoms with Gasteiger partial charge in [0.15, 0.2) is 0 Å². The molecule has 5 heteroatoms. The maximum absolute atomic E-state index is 12.2. The molecule has 1 aromatic carbocycles. The molecule has 0 radical (unpaired) electrons. The fraction of sp³-hybridized carbons (Fsp3) is 0.375. The third-order valence-electron chi connectivity index (χ3n) is 3.79. The van der Waals surface area contributed by atoms with Crippen LogP contribution in [0.2, 0.25) is 5.02 Å². The summed E-state index contributed by atoms with van der Waals surface area (Å²) in [4.78, 5) is 24.8. The number of halogens is 1. The van der Waals surface area contributed by atoms with Crippen LogP contribution < -0.4 is 0 Å². The molecule has 0 bridgehead atoms. The molecule has 112 valence electrons. The van der Waals surface area contributed by atoms with Crippen molar-refractivity contribution in [1.82, 2.24) is 4.90 Å². The SMILES string of the molecule is CC(=CC(=O)N1CCC(C(=O)O)CC1)c1ccccc1Cl. The van der Waals surface area contributed by atoms with E-state index in [-0.39, 0.29) is 11.8 Å². The molecule has 1 fully saturated rings. The lowest BCUT2D eigenvalue weighted by atomic mass is 9.97. The minimum Gasteiger partial charge on any atom is -0.481 e. The van der Waals surface area contributed by atoms with E-state index in [4.69, 9.17) is 16.7 Å². The minimum absolute atomic E-state index is 0.0868. The third kappa shape index (κ3) is 3.85. The summed E-state index contributed by atoms with van der Waals surface area (Å²) < 4.78 is 0. The van der Waals surface area contributed by atoms with Crippen molar-refractivity contribution in [3.05, 3.63) is 40.9 Å². The van der Waals surface area contributed by atoms with Gasteiger partial charge < -0.3 is 10.0 Å². The van der Waals surface area contributed by atoms with Crippen LogP contribution in [0, 0.1) is 5.92 Å². The molecule has 1 N–H and O–H groups in total. The third-order valence-corrected chi connectivity index (χ3v) is 4.12. The van der Waals surface area contributed by atoms with Crippen LogP contribution in [0.15, 0.2) is 30.3 Å². The number of rotatable bonds is 3. The van der Waals surface area contributed by atoms with Gasteiger partial charge in [-0.05, 0) is 37.0 Å². The van der Waals surface area contributed by atoms with Crippen LogP contribution in [0.1, 0.15) is 25.3 Å². The van der Waals surface area contributed by atoms with Gasteiger partial charge in [0.25, 0.3) is 0 Å². The van der Waals surface area contributed by atoms with E-state index < -0.39 is 5.97 Å². The Morgan fingerprint density at radius 1 is 1.29 bits per heavy atom. The van der Waals surface area contributed by atoms with Gasteiger partial charge in [-0.15, -0.1) is 0 Å². The van der Waals surface area contributed by atoms with Crippen molar-refractivity contribution in [3.63, 3.8) is 0 Å². The first-order valence-corrected chi connectivity index (χ1v) is 7.31. The van der Waals surface area contributed by atoms with Crippen molar-refractivity contribution in [1.29, 1.82) is 0 Å². The molecule has 0 spiro atoms. The average Bonchev–Trinajstić information content (AvgIpc) is 2.47. The Morgan fingerprint density at radius 3 is 2.48 bits per heavy atom. The molecule has 0 aromatic heterocycles. The number of benzene rings is 1. The summed E-state index contributed by atoms with van der Waals surface area (Å²) in [6, 6.07) is 7.38. The van der Waals surface area contributed by atoms with Crippen molar-refractivity contribution >= 4 is 29.1 Å². The van der Waals surface area contributed by atoms with E-state index in [1.54, 1.807) is 17.0 Å². The van der Waals surface area contributed by atoms with E-state index >= 15 is 0 Å². The van der Waals surface area contributed by atoms with Gasteiger partial charge in [-0.2, -0.15) is 0 Å². The molecule has 0 aliphatic carbocycles. The molecular weight excluding hydrogens is 290 g/mol. The van der Waals surface area contributed by atoms with Crippen molar-refractivity contribution in [3.8, 4) is 0 Å². The molecule has 2 rings (SSSR count). The number of carbonyl (C=O) groups is 2. The number of hydrogen-bond donors (Lipinski definition) is 1. The second-order valence-electron chi connectivity index (χ2n) is 5.24. The van der Waals surface area contributed by atoms with Gasteiger partial charge in [0.05, 0.1) is 5.92 Å². The Hall–Kier alpha value is -1.81. The first-order valence-electron chi connectivity index (χ1n) is 6.94. The topological polar surface area (TPSA) is 57.6 Å². The molecular formula is C16H18ClNO3. The molecule has 0 atom stereocenters. The maximum atomic E-state index is 12.2. The number of nitrogens with zero attached hydrogens (tertiary/aromatic N) is 1. The maximum Gasteiger partial charge on any atom is 0.306 e. The highest BCUT2D eigenvalue weighted by Gasteiger charge is 2.26. The first kappa shape index (κ1) is 15.6. The Labute approximate surface area is 129 Å². The van der Waals surface area contributed by atoms with Crippen LogP contribution in [0.3, 0.4) is 0 Å². The molecule has 4 nitrogen and oxygen atoms in total. The lowest BCUT2D eigenvalue weighted by Gasteiger charge is -2.29. The molecule has 1 aliphatic heterocycles. The van der Waals surface area contributed by atoms with Crippen molar-refractivity contribution in [2.45, 2.75) is 19.8 Å². The van der Waals surface area contributed by atoms with Crippen LogP contribution in [0.5, 0.6) is 0 Å². The number of carboxylic acids is 1. The summed E-state index contributed by atoms with van der Waals surface area (Å²) in [5.74, 6) is -1.19. The Kier molecular flexibility index (Phi) is 5.02. The van der Waals surface area contributed by atoms with Gasteiger partial charge in [-0.3, -0.25) is 9.59 Å². The Balaban J connectivity index is 2.03. The molecule has 0 saturated carbocycles. The summed E-state index contributed by atoms with van der Waals surface area (Å²) in [6.45, 7) is 2.83. The second kappa shape index (κ2) is 6.76. The van der Waals surface area contributed by atoms with Crippen LogP contribution in [-0.2, 0) is 9.59 Å². The van der Waals surface area contributed by atoms with Crippen LogP contribution in [0.4, 0.5) is 0 Å². The van der Waals surface area contributed by atoms with Crippen LogP contribution in [0.25, 0.3) is 5.57 Å². The second-order valence-corrected chi connectivity index (χ2v) is 5.65. The number of aliphatic carboxylic acids is 1. The Bertz CT molecular complexity index is 575. The van der Waals surface area contributed by atoms with E-state index in [0.717, 1.165) is 11.1 Å². The fourth-order valence-corrected chi connectivity index (χ4v) is 2.77. The smallest absolute Gasteiger partial charge is 0.306 e. The van der Waals surface area contributed by atoms with Crippen molar-refractivity contribution < 1.29 is 14.7 Å². The summed E-state index contributed by atoms with van der Waals surface area (Å²) in [5.41, 5.74) is 1.65. The van der Waals surface area contributed by atoms with E-state index in [2.05, 4.69) is 0 Å². The Morgan fingerprint density at radius 2 is 1.90 bits per heavy atom. The van der Waals surface area contributed by atoms with E-state index in [0.29, 0.717) is 31.0 Å². The summed E-state index contributed by atoms with van der Waals surface area (Å²) >= 11 is 6.11. The predicted molar refractivity (Wildman–Crippen MR) is 82.0 cm³/mol. The van der Waals surface area contributed by atoms with E-state index in [1.807, 2.05) is 25.1 Å². The van der Waals surface area contributed by atoms with Gasteiger partial charge in [0.2, 0.25) is 5.91 Å². The standard InChI is InChI=1S/C16H18ClNO3/c1-11(13-4-2-3-5-14(13)17)10-15(19)18-8-6-12(7-9-18)16(20)21/h2-5,10,12H,6-9H2,1H3,(H,20,21). The number of carboxylic acid groups (broad SMARTS) is 1. The monoisotopic (exact) mass is 307 g/mol. The van der Waals surface area contributed by atoms with E-state index in [9.17, 15) is 9.59 Å². The quantitative estimate of drug-likeness (QED) is 0.873. The zero-order valence-electron chi connectivity index (χ0n) is 11.9. The van der Waals surface area contributed by atoms with E-state index in [1.165, 1.54) is 0 Å². The summed E-state index contributed by atoms with van der Waals surface area (Å²) in [5, 5.41) is 9.57. The van der Waals surface area contributed by atoms with Gasteiger partial charge in [0, 0.05) is 24.2 Å². The molecule has 1 amide bonds. The molecule has 0 unspecified atom stereocenters. The average molecular weight is 308 g/mol. The van der Waals surface area contributed by atoms with Crippen LogP contribution >= 0.6 is 11.6 Å². The van der Waals surface area contributed by atoms with Gasteiger partial charge in [0.1, 0.15) is 0 Å². The predicted octanol–water partition coefficient (Wildman–Crippen LogP) is 3.07. The summed E-state index contributed by atoms with van der Waals surface area (Å²) in [6.07, 6.45) is 2.60. The lowest BCUT2D eigenvalue weighted by Crippen LogP contribution is -2.39. The molecule has 1 saturated heterocycles. The fourth-order valence-electron chi connectivity index (χ4n) is 2.48. The van der Waals surface area contributed by atoms with Gasteiger partial charge in [-0.1, -0.05) is 29.8 Å². The number of likely N-dealkylation sites (tertiary alicyclic amines) is 1. The zero-order valence-corrected chi connectivity index (χ0v) is 12.6. The largest absolute Gasteiger partial charge is 0.481 e. The number of carbonyl (C=O) groups excluding carboxylic acids is 1. The highest BCUT2D eigenvalue weighted by molar-refractivity contribution is 6.32. The normalized spacial score (nSPS) is 16.9. The highest BCUT2D eigenvalue weighted by atomic mass is 35.5. The van der Waals surface area contributed by atoms with Crippen LogP contribution in [-0.4, -0.2) is 35.0 Å². The molecule has 1 aliphatic rings. The van der Waals surface area contributed by atoms with Gasteiger partial charge >= 0.3 is 5.97 Å². The summed E-state index contributed by atoms with van der Waals surface area (Å²) in [7, 11) is 0. The number of allylic oxidation sites excluding steroid dienone is 1. The van der Waals surface area contributed by atoms with Crippen molar-refractivity contribution in [2.24, 2.45) is 5.92 Å². The van der Waals surface area contributed by atoms with Gasteiger partial charge in [-0.25, -0.2) is 0 Å². The molecule has 21 heavy (non-hydrogen) atoms. The highest BCUT2D eigenvalue weighted by Crippen LogP contribution is 2.24. The number of piperidine rings is 1. The molecule has 1 heterocycles. The molecule has 1 aromatic rings. The minimum atomic E-state index is -0.773. The number of hydrogen-bond acceptors (Lipinski definition) is 2. The number of amides is 1. The first-order chi connectivity index (χ1) is 9.99. The lowest BCUT2D eigenvalue weighted by molar-refractivity contribution is -0.144. The van der Waals surface area contributed by atoms with Crippen molar-refractivity contribution in [2.75, 3.05) is 13.1 Å². The zero-order chi connectivity index (χ0) is 15.4.